The number of hydrogen-bond acceptors (Lipinski definition) is 3. The fraction of sp³-hybridized carbons (Fsp3) is 0.150. The summed E-state index contributed by atoms with van der Waals surface area (Å²) in [4.78, 5) is 36.1. The second-order valence-corrected chi connectivity index (χ2v) is 6.15. The zero-order chi connectivity index (χ0) is 18.8. The highest BCUT2D eigenvalue weighted by Crippen LogP contribution is 2.16. The smallest absolute Gasteiger partial charge is 0.268 e. The molecule has 3 N–H and O–H groups in total. The number of fused-ring (bicyclic) bond motifs is 1. The van der Waals surface area contributed by atoms with Crippen LogP contribution in [0.15, 0.2) is 59.4 Å². The predicted octanol–water partition coefficient (Wildman–Crippen LogP) is 2.13. The molecular formula is C20H19N3O3. The van der Waals surface area contributed by atoms with E-state index in [1.165, 1.54) is 6.07 Å². The Kier molecular flexibility index (Phi) is 4.58. The summed E-state index contributed by atoms with van der Waals surface area (Å²) in [6.07, 6.45) is 0. The minimum absolute atomic E-state index is 0.192. The van der Waals surface area contributed by atoms with Gasteiger partial charge in [0.2, 0.25) is 5.91 Å². The van der Waals surface area contributed by atoms with Gasteiger partial charge in [-0.3, -0.25) is 14.4 Å². The van der Waals surface area contributed by atoms with E-state index in [0.29, 0.717) is 16.5 Å². The van der Waals surface area contributed by atoms with Crippen molar-refractivity contribution in [3.8, 4) is 0 Å². The van der Waals surface area contributed by atoms with Gasteiger partial charge in [0, 0.05) is 24.1 Å². The second-order valence-electron chi connectivity index (χ2n) is 6.15. The lowest BCUT2D eigenvalue weighted by Gasteiger charge is -2.17. The number of pyridine rings is 1. The summed E-state index contributed by atoms with van der Waals surface area (Å²) < 4.78 is 1.70. The molecule has 0 aliphatic rings. The molecule has 1 atom stereocenters. The Balaban J connectivity index is 1.88. The van der Waals surface area contributed by atoms with Gasteiger partial charge < -0.3 is 15.6 Å². The molecule has 1 aromatic heterocycles. The number of hydrogen-bond donors (Lipinski definition) is 2. The van der Waals surface area contributed by atoms with E-state index in [2.05, 4.69) is 5.32 Å². The summed E-state index contributed by atoms with van der Waals surface area (Å²) in [5.41, 5.74) is 7.26. The van der Waals surface area contributed by atoms with Gasteiger partial charge in [-0.1, -0.05) is 24.3 Å². The summed E-state index contributed by atoms with van der Waals surface area (Å²) in [7, 11) is 1.75. The lowest BCUT2D eigenvalue weighted by molar-refractivity contribution is 0.0930. The van der Waals surface area contributed by atoms with Crippen molar-refractivity contribution in [3.05, 3.63) is 81.6 Å². The number of aromatic nitrogens is 1. The van der Waals surface area contributed by atoms with Gasteiger partial charge in [0.15, 0.2) is 5.43 Å². The van der Waals surface area contributed by atoms with E-state index in [-0.39, 0.29) is 23.1 Å². The number of nitrogens with two attached hydrogens (primary N) is 1. The zero-order valence-electron chi connectivity index (χ0n) is 14.5. The molecule has 2 amide bonds. The number of primary amides is 1. The van der Waals surface area contributed by atoms with Gasteiger partial charge in [0.1, 0.15) is 5.69 Å². The van der Waals surface area contributed by atoms with Gasteiger partial charge in [-0.2, -0.15) is 0 Å². The molecule has 132 valence electrons. The molecule has 0 aliphatic carbocycles. The highest BCUT2D eigenvalue weighted by atomic mass is 16.2. The second kappa shape index (κ2) is 6.84. The van der Waals surface area contributed by atoms with E-state index in [1.807, 2.05) is 13.0 Å². The Hall–Kier alpha value is -3.41. The Morgan fingerprint density at radius 1 is 1.08 bits per heavy atom. The van der Waals surface area contributed by atoms with Crippen molar-refractivity contribution in [2.24, 2.45) is 12.8 Å². The van der Waals surface area contributed by atoms with Crippen molar-refractivity contribution < 1.29 is 9.59 Å². The van der Waals surface area contributed by atoms with E-state index < -0.39 is 5.91 Å². The Bertz CT molecular complexity index is 1050. The van der Waals surface area contributed by atoms with Gasteiger partial charge in [-0.25, -0.2) is 0 Å². The number of carbonyl (C=O) groups is 2. The molecular weight excluding hydrogens is 330 g/mol. The lowest BCUT2D eigenvalue weighted by atomic mass is 10.1. The Morgan fingerprint density at radius 2 is 1.73 bits per heavy atom. The highest BCUT2D eigenvalue weighted by Gasteiger charge is 2.16. The summed E-state index contributed by atoms with van der Waals surface area (Å²) in [5, 5.41) is 3.45. The average Bonchev–Trinajstić information content (AvgIpc) is 2.64. The largest absolute Gasteiger partial charge is 0.366 e. The third kappa shape index (κ3) is 3.21. The van der Waals surface area contributed by atoms with Gasteiger partial charge in [-0.15, -0.1) is 0 Å². The maximum atomic E-state index is 12.7. The van der Waals surface area contributed by atoms with Crippen molar-refractivity contribution >= 4 is 22.7 Å². The van der Waals surface area contributed by atoms with Gasteiger partial charge >= 0.3 is 0 Å². The van der Waals surface area contributed by atoms with Crippen molar-refractivity contribution in [1.29, 1.82) is 0 Å². The predicted molar refractivity (Wildman–Crippen MR) is 100 cm³/mol. The fourth-order valence-corrected chi connectivity index (χ4v) is 2.91. The molecule has 6 heteroatoms. The van der Waals surface area contributed by atoms with Crippen LogP contribution in [-0.2, 0) is 7.05 Å². The topological polar surface area (TPSA) is 94.2 Å². The molecule has 0 saturated heterocycles. The Labute approximate surface area is 150 Å². The first-order valence-electron chi connectivity index (χ1n) is 8.18. The number of carbonyl (C=O) groups excluding carboxylic acids is 2. The van der Waals surface area contributed by atoms with Crippen LogP contribution in [0.25, 0.3) is 10.9 Å². The van der Waals surface area contributed by atoms with E-state index in [1.54, 1.807) is 54.1 Å². The van der Waals surface area contributed by atoms with E-state index >= 15 is 0 Å². The highest BCUT2D eigenvalue weighted by molar-refractivity contribution is 5.95. The van der Waals surface area contributed by atoms with Crippen LogP contribution in [0.5, 0.6) is 0 Å². The van der Waals surface area contributed by atoms with Crippen LogP contribution in [0.2, 0.25) is 0 Å². The molecule has 0 fully saturated rings. The Morgan fingerprint density at radius 3 is 2.38 bits per heavy atom. The number of nitrogens with zero attached hydrogens (tertiary/aromatic N) is 1. The molecule has 1 unspecified atom stereocenters. The van der Waals surface area contributed by atoms with Crippen LogP contribution in [0.4, 0.5) is 0 Å². The van der Waals surface area contributed by atoms with Crippen molar-refractivity contribution in [2.45, 2.75) is 13.0 Å². The first-order valence-corrected chi connectivity index (χ1v) is 8.18. The summed E-state index contributed by atoms with van der Waals surface area (Å²) in [6.45, 7) is 1.83. The van der Waals surface area contributed by atoms with Crippen molar-refractivity contribution in [1.82, 2.24) is 9.88 Å². The van der Waals surface area contributed by atoms with Crippen LogP contribution in [-0.4, -0.2) is 16.4 Å². The first kappa shape index (κ1) is 17.4. The molecule has 3 aromatic rings. The van der Waals surface area contributed by atoms with Gasteiger partial charge in [-0.05, 0) is 36.8 Å². The normalized spacial score (nSPS) is 11.9. The molecule has 0 aliphatic heterocycles. The minimum atomic E-state index is -0.501. The molecule has 2 aromatic carbocycles. The summed E-state index contributed by atoms with van der Waals surface area (Å²) in [6, 6.07) is 14.9. The fourth-order valence-electron chi connectivity index (χ4n) is 2.91. The third-order valence-electron chi connectivity index (χ3n) is 4.44. The van der Waals surface area contributed by atoms with Crippen molar-refractivity contribution in [2.75, 3.05) is 0 Å². The SMILES string of the molecule is CC(NC(=O)c1cc(=O)c2ccccc2n1C)c1ccc(C(N)=O)cc1. The maximum absolute atomic E-state index is 12.7. The lowest BCUT2D eigenvalue weighted by Crippen LogP contribution is -2.30. The average molecular weight is 349 g/mol. The minimum Gasteiger partial charge on any atom is -0.366 e. The van der Waals surface area contributed by atoms with Crippen LogP contribution in [0.3, 0.4) is 0 Å². The molecule has 0 bridgehead atoms. The van der Waals surface area contributed by atoms with Crippen LogP contribution in [0.1, 0.15) is 39.4 Å². The zero-order valence-corrected chi connectivity index (χ0v) is 14.5. The quantitative estimate of drug-likeness (QED) is 0.755. The van der Waals surface area contributed by atoms with E-state index in [0.717, 1.165) is 5.56 Å². The van der Waals surface area contributed by atoms with Gasteiger partial charge in [0.05, 0.1) is 11.6 Å². The van der Waals surface area contributed by atoms with Crippen molar-refractivity contribution in [3.63, 3.8) is 0 Å². The van der Waals surface area contributed by atoms with E-state index in [9.17, 15) is 14.4 Å². The number of benzene rings is 2. The molecule has 0 radical (unpaired) electrons. The molecule has 26 heavy (non-hydrogen) atoms. The maximum Gasteiger partial charge on any atom is 0.268 e. The number of nitrogens with one attached hydrogen (secondary N) is 1. The van der Waals surface area contributed by atoms with E-state index in [4.69, 9.17) is 5.73 Å². The number of rotatable bonds is 4. The van der Waals surface area contributed by atoms with Crippen LogP contribution >= 0.6 is 0 Å². The molecule has 0 spiro atoms. The first-order chi connectivity index (χ1) is 12.4. The molecule has 6 nitrogen and oxygen atoms in total. The van der Waals surface area contributed by atoms with Crippen LogP contribution < -0.4 is 16.5 Å². The number of amides is 2. The van der Waals surface area contributed by atoms with Gasteiger partial charge in [0.25, 0.3) is 5.91 Å². The standard InChI is InChI=1S/C20H19N3O3/c1-12(13-7-9-14(10-8-13)19(21)25)22-20(26)17-11-18(24)15-5-3-4-6-16(15)23(17)2/h3-12H,1-2H3,(H2,21,25)(H,22,26). The molecule has 3 rings (SSSR count). The molecule has 1 heterocycles. The van der Waals surface area contributed by atoms with Crippen LogP contribution in [0, 0.1) is 0 Å². The third-order valence-corrected chi connectivity index (χ3v) is 4.44. The number of aryl methyl sites for hydroxylation is 1. The summed E-state index contributed by atoms with van der Waals surface area (Å²) in [5.74, 6) is -0.846. The monoisotopic (exact) mass is 349 g/mol. The number of para-hydroxylation sites is 1. The summed E-state index contributed by atoms with van der Waals surface area (Å²) >= 11 is 0. The molecule has 0 saturated carbocycles.